The molecule has 0 bridgehead atoms. The SMILES string of the molecule is CC1(CO)C(O)CCC2(C)C(CC(=O)N3CCC(C(N)=O)CC3)c3nc(NC(=O)c4ccco4)sc3CC12. The molecule has 1 aliphatic heterocycles. The van der Waals surface area contributed by atoms with Gasteiger partial charge in [-0.3, -0.25) is 19.7 Å². The highest BCUT2D eigenvalue weighted by Crippen LogP contribution is 2.63. The molecule has 3 aliphatic rings. The van der Waals surface area contributed by atoms with Crippen LogP contribution in [-0.4, -0.2) is 63.6 Å². The third-order valence-electron chi connectivity index (χ3n) is 9.49. The first-order valence-electron chi connectivity index (χ1n) is 13.3. The summed E-state index contributed by atoms with van der Waals surface area (Å²) in [7, 11) is 0. The number of amides is 3. The van der Waals surface area contributed by atoms with Crippen LogP contribution in [-0.2, 0) is 16.0 Å². The average molecular weight is 545 g/mol. The van der Waals surface area contributed by atoms with Crippen molar-refractivity contribution in [3.8, 4) is 0 Å². The highest BCUT2D eigenvalue weighted by molar-refractivity contribution is 7.15. The Bertz CT molecular complexity index is 1210. The van der Waals surface area contributed by atoms with Crippen molar-refractivity contribution >= 4 is 34.2 Å². The molecule has 5 N–H and O–H groups in total. The van der Waals surface area contributed by atoms with Crippen LogP contribution in [0.15, 0.2) is 22.8 Å². The van der Waals surface area contributed by atoms with Gasteiger partial charge in [0, 0.05) is 41.6 Å². The molecule has 2 aromatic heterocycles. The molecule has 2 aliphatic carbocycles. The Morgan fingerprint density at radius 3 is 2.63 bits per heavy atom. The van der Waals surface area contributed by atoms with E-state index in [1.165, 1.54) is 17.6 Å². The summed E-state index contributed by atoms with van der Waals surface area (Å²) < 4.78 is 5.21. The van der Waals surface area contributed by atoms with Crippen molar-refractivity contribution in [3.05, 3.63) is 34.7 Å². The van der Waals surface area contributed by atoms with E-state index in [1.807, 2.05) is 6.92 Å². The first-order chi connectivity index (χ1) is 18.1. The molecule has 5 unspecified atom stereocenters. The molecule has 1 saturated heterocycles. The number of aliphatic hydroxyl groups excluding tert-OH is 2. The number of rotatable bonds is 6. The zero-order valence-corrected chi connectivity index (χ0v) is 22.6. The van der Waals surface area contributed by atoms with Gasteiger partial charge in [0.2, 0.25) is 11.8 Å². The van der Waals surface area contributed by atoms with E-state index in [0.29, 0.717) is 50.3 Å². The number of likely N-dealkylation sites (tertiary alicyclic amines) is 1. The van der Waals surface area contributed by atoms with Crippen molar-refractivity contribution in [1.82, 2.24) is 9.88 Å². The number of nitrogens with two attached hydrogens (primary N) is 1. The lowest BCUT2D eigenvalue weighted by atomic mass is 9.47. The summed E-state index contributed by atoms with van der Waals surface area (Å²) in [6, 6.07) is 3.22. The lowest BCUT2D eigenvalue weighted by Gasteiger charge is -2.58. The molecular formula is C27H36N4O6S. The minimum absolute atomic E-state index is 0.00302. The van der Waals surface area contributed by atoms with Crippen LogP contribution in [0.4, 0.5) is 5.13 Å². The lowest BCUT2D eigenvalue weighted by molar-refractivity contribution is -0.148. The molecule has 1 saturated carbocycles. The van der Waals surface area contributed by atoms with Gasteiger partial charge in [0.15, 0.2) is 10.9 Å². The Morgan fingerprint density at radius 2 is 2.00 bits per heavy atom. The van der Waals surface area contributed by atoms with E-state index < -0.39 is 17.4 Å². The molecule has 5 atom stereocenters. The Kier molecular flexibility index (Phi) is 7.12. The van der Waals surface area contributed by atoms with E-state index in [9.17, 15) is 24.6 Å². The number of nitrogens with zero attached hydrogens (tertiary/aromatic N) is 2. The molecule has 5 rings (SSSR count). The zero-order chi connectivity index (χ0) is 27.2. The van der Waals surface area contributed by atoms with E-state index >= 15 is 0 Å². The Morgan fingerprint density at radius 1 is 1.26 bits per heavy atom. The van der Waals surface area contributed by atoms with Gasteiger partial charge in [0.1, 0.15) is 0 Å². The second-order valence-electron chi connectivity index (χ2n) is 11.6. The second-order valence-corrected chi connectivity index (χ2v) is 12.6. The first-order valence-corrected chi connectivity index (χ1v) is 14.1. The van der Waals surface area contributed by atoms with Gasteiger partial charge in [-0.15, -0.1) is 11.3 Å². The molecule has 0 aromatic carbocycles. The molecule has 3 amide bonds. The third-order valence-corrected chi connectivity index (χ3v) is 10.5. The molecule has 0 spiro atoms. The van der Waals surface area contributed by atoms with E-state index in [2.05, 4.69) is 12.2 Å². The van der Waals surface area contributed by atoms with E-state index in [4.69, 9.17) is 15.1 Å². The molecule has 2 aromatic rings. The average Bonchev–Trinajstić information content (AvgIpc) is 3.58. The van der Waals surface area contributed by atoms with Crippen LogP contribution in [0, 0.1) is 22.7 Å². The normalized spacial score (nSPS) is 31.4. The second kappa shape index (κ2) is 10.1. The molecule has 3 heterocycles. The summed E-state index contributed by atoms with van der Waals surface area (Å²) in [5.41, 5.74) is 5.16. The number of anilines is 1. The van der Waals surface area contributed by atoms with Gasteiger partial charge in [-0.25, -0.2) is 4.98 Å². The number of aromatic nitrogens is 1. The molecule has 0 radical (unpaired) electrons. The topological polar surface area (TPSA) is 159 Å². The van der Waals surface area contributed by atoms with Crippen molar-refractivity contribution in [2.45, 2.75) is 64.4 Å². The highest BCUT2D eigenvalue weighted by Gasteiger charge is 2.59. The van der Waals surface area contributed by atoms with Crippen LogP contribution >= 0.6 is 11.3 Å². The molecular weight excluding hydrogens is 508 g/mol. The van der Waals surface area contributed by atoms with Crippen molar-refractivity contribution in [2.75, 3.05) is 25.0 Å². The maximum Gasteiger partial charge on any atom is 0.293 e. The van der Waals surface area contributed by atoms with Gasteiger partial charge >= 0.3 is 0 Å². The number of aliphatic hydroxyl groups is 2. The Balaban J connectivity index is 1.46. The summed E-state index contributed by atoms with van der Waals surface area (Å²) >= 11 is 1.37. The molecule has 206 valence electrons. The standard InChI is InChI=1S/C27H36N4O6S/c1-26-8-5-20(33)27(2,14-32)19(26)13-18-22(29-25(38-18)30-24(36)17-4-3-11-37-17)16(26)12-21(34)31-9-6-15(7-10-31)23(28)35/h3-4,11,15-16,19-20,32-33H,5-10,12-14H2,1-2H3,(H2,28,35)(H,29,30,36). The lowest BCUT2D eigenvalue weighted by Crippen LogP contribution is -2.58. The largest absolute Gasteiger partial charge is 0.459 e. The number of fused-ring (bicyclic) bond motifs is 2. The summed E-state index contributed by atoms with van der Waals surface area (Å²) in [4.78, 5) is 45.4. The Hall–Kier alpha value is -2.76. The van der Waals surface area contributed by atoms with Crippen LogP contribution in [0.1, 0.15) is 73.0 Å². The van der Waals surface area contributed by atoms with Crippen LogP contribution in [0.25, 0.3) is 0 Å². The fourth-order valence-corrected chi connectivity index (χ4v) is 8.05. The summed E-state index contributed by atoms with van der Waals surface area (Å²) in [5, 5.41) is 24.7. The number of furan rings is 1. The number of thiazole rings is 1. The van der Waals surface area contributed by atoms with E-state index in [1.54, 1.807) is 17.0 Å². The summed E-state index contributed by atoms with van der Waals surface area (Å²) in [5.74, 6) is -1.07. The molecule has 2 fully saturated rings. The quantitative estimate of drug-likeness (QED) is 0.435. The van der Waals surface area contributed by atoms with Gasteiger partial charge < -0.3 is 25.3 Å². The third kappa shape index (κ3) is 4.54. The molecule has 11 heteroatoms. The van der Waals surface area contributed by atoms with Crippen molar-refractivity contribution < 1.29 is 29.0 Å². The van der Waals surface area contributed by atoms with Crippen molar-refractivity contribution in [3.63, 3.8) is 0 Å². The van der Waals surface area contributed by atoms with Crippen molar-refractivity contribution in [2.24, 2.45) is 28.4 Å². The number of carbonyl (C=O) groups is 3. The van der Waals surface area contributed by atoms with Gasteiger partial charge in [-0.2, -0.15) is 0 Å². The minimum Gasteiger partial charge on any atom is -0.459 e. The van der Waals surface area contributed by atoms with Gasteiger partial charge in [0.25, 0.3) is 5.91 Å². The minimum atomic E-state index is -0.729. The van der Waals surface area contributed by atoms with E-state index in [-0.39, 0.29) is 53.8 Å². The fraction of sp³-hybridized carbons (Fsp3) is 0.630. The van der Waals surface area contributed by atoms with Gasteiger partial charge in [-0.05, 0) is 55.6 Å². The predicted molar refractivity (Wildman–Crippen MR) is 140 cm³/mol. The number of hydrogen-bond acceptors (Lipinski definition) is 8. The zero-order valence-electron chi connectivity index (χ0n) is 21.8. The monoisotopic (exact) mass is 544 g/mol. The predicted octanol–water partition coefficient (Wildman–Crippen LogP) is 2.52. The molecule has 10 nitrogen and oxygen atoms in total. The number of hydrogen-bond donors (Lipinski definition) is 4. The maximum absolute atomic E-state index is 13.6. The highest BCUT2D eigenvalue weighted by atomic mass is 32.1. The Labute approximate surface area is 225 Å². The van der Waals surface area contributed by atoms with Crippen LogP contribution < -0.4 is 11.1 Å². The smallest absolute Gasteiger partial charge is 0.293 e. The van der Waals surface area contributed by atoms with Gasteiger partial charge in [-0.1, -0.05) is 13.8 Å². The maximum atomic E-state index is 13.6. The van der Waals surface area contributed by atoms with Crippen molar-refractivity contribution in [1.29, 1.82) is 0 Å². The summed E-state index contributed by atoms with van der Waals surface area (Å²) in [6.07, 6.45) is 3.96. The first kappa shape index (κ1) is 26.8. The summed E-state index contributed by atoms with van der Waals surface area (Å²) in [6.45, 7) is 4.89. The number of carbonyl (C=O) groups excluding carboxylic acids is 3. The number of piperidine rings is 1. The fourth-order valence-electron chi connectivity index (χ4n) is 6.98. The number of primary amides is 1. The number of nitrogens with one attached hydrogen (secondary N) is 1. The van der Waals surface area contributed by atoms with Crippen LogP contribution in [0.5, 0.6) is 0 Å². The van der Waals surface area contributed by atoms with Crippen LogP contribution in [0.3, 0.4) is 0 Å². The van der Waals surface area contributed by atoms with E-state index in [0.717, 1.165) is 10.6 Å². The molecule has 38 heavy (non-hydrogen) atoms. The van der Waals surface area contributed by atoms with Gasteiger partial charge in [0.05, 0.1) is 24.7 Å². The van der Waals surface area contributed by atoms with Crippen LogP contribution in [0.2, 0.25) is 0 Å².